The SMILES string of the molecule is CS(=O)(=O)Cl.NC(=O)O. The van der Waals surface area contributed by atoms with Crippen molar-refractivity contribution >= 4 is 25.8 Å². The highest BCUT2D eigenvalue weighted by molar-refractivity contribution is 8.13. The van der Waals surface area contributed by atoms with Crippen LogP contribution >= 0.6 is 10.7 Å². The third kappa shape index (κ3) is 950. The third-order valence-electron chi connectivity index (χ3n) is 0. The van der Waals surface area contributed by atoms with E-state index in [4.69, 9.17) is 9.90 Å². The zero-order valence-electron chi connectivity index (χ0n) is 4.54. The molecule has 0 fully saturated rings. The van der Waals surface area contributed by atoms with Crippen LogP contribution in [0.2, 0.25) is 0 Å². The van der Waals surface area contributed by atoms with Crippen molar-refractivity contribution in [2.45, 2.75) is 0 Å². The Hall–Kier alpha value is -0.490. The molecule has 5 nitrogen and oxygen atoms in total. The van der Waals surface area contributed by atoms with Crippen LogP contribution in [-0.4, -0.2) is 25.9 Å². The molecule has 0 aliphatic carbocycles. The molecule has 0 heterocycles. The number of hydrogen-bond acceptors (Lipinski definition) is 3. The maximum atomic E-state index is 9.40. The lowest BCUT2D eigenvalue weighted by Gasteiger charge is -1.65. The van der Waals surface area contributed by atoms with Gasteiger partial charge in [0.2, 0.25) is 9.05 Å². The molecular formula is C2H6ClNO4S. The lowest BCUT2D eigenvalue weighted by Crippen LogP contribution is -2.03. The summed E-state index contributed by atoms with van der Waals surface area (Å²) in [5, 5.41) is 7.19. The molecule has 0 aliphatic rings. The topological polar surface area (TPSA) is 97.5 Å². The van der Waals surface area contributed by atoms with Crippen LogP contribution < -0.4 is 5.73 Å². The van der Waals surface area contributed by atoms with E-state index in [2.05, 4.69) is 16.4 Å². The zero-order valence-corrected chi connectivity index (χ0v) is 6.11. The van der Waals surface area contributed by atoms with Crippen LogP contribution in [-0.2, 0) is 9.05 Å². The molecule has 7 heteroatoms. The molecule has 0 rings (SSSR count). The van der Waals surface area contributed by atoms with Gasteiger partial charge in [-0.3, -0.25) is 0 Å². The number of rotatable bonds is 0. The third-order valence-corrected chi connectivity index (χ3v) is 0. The van der Waals surface area contributed by atoms with Crippen molar-refractivity contribution in [3.63, 3.8) is 0 Å². The molecule has 0 aromatic rings. The fraction of sp³-hybridized carbons (Fsp3) is 0.500. The number of carboxylic acid groups (broad SMARTS) is 1. The second kappa shape index (κ2) is 4.39. The summed E-state index contributed by atoms with van der Waals surface area (Å²) in [6, 6.07) is 0. The average molecular weight is 176 g/mol. The standard InChI is InChI=1S/CH3ClO2S.CH3NO2/c1-5(2,3)4;2-1(3)4/h1H3;2H2,(H,3,4). The summed E-state index contributed by atoms with van der Waals surface area (Å²) >= 11 is 0. The first-order chi connectivity index (χ1) is 3.73. The molecule has 0 radical (unpaired) electrons. The van der Waals surface area contributed by atoms with E-state index in [0.717, 1.165) is 6.26 Å². The summed E-state index contributed by atoms with van der Waals surface area (Å²) in [5.41, 5.74) is 4.03. The Kier molecular flexibility index (Phi) is 5.53. The van der Waals surface area contributed by atoms with Crippen molar-refractivity contribution in [2.75, 3.05) is 6.26 Å². The van der Waals surface area contributed by atoms with Gasteiger partial charge in [0.05, 0.1) is 6.26 Å². The van der Waals surface area contributed by atoms with Crippen LogP contribution in [0.3, 0.4) is 0 Å². The van der Waals surface area contributed by atoms with Crippen LogP contribution in [0.1, 0.15) is 0 Å². The normalized spacial score (nSPS) is 9.11. The number of halogens is 1. The van der Waals surface area contributed by atoms with Crippen molar-refractivity contribution in [3.8, 4) is 0 Å². The molecule has 0 aliphatic heterocycles. The van der Waals surface area contributed by atoms with E-state index in [1.54, 1.807) is 0 Å². The molecule has 56 valence electrons. The number of primary amides is 1. The van der Waals surface area contributed by atoms with E-state index in [0.29, 0.717) is 0 Å². The van der Waals surface area contributed by atoms with Crippen molar-refractivity contribution in [3.05, 3.63) is 0 Å². The van der Waals surface area contributed by atoms with Gasteiger partial charge in [-0.05, 0) is 0 Å². The molecule has 0 aromatic carbocycles. The Morgan fingerprint density at radius 1 is 1.67 bits per heavy atom. The van der Waals surface area contributed by atoms with Gasteiger partial charge in [-0.15, -0.1) is 0 Å². The van der Waals surface area contributed by atoms with Crippen LogP contribution in [0.25, 0.3) is 0 Å². The first-order valence-electron chi connectivity index (χ1n) is 1.61. The molecule has 0 saturated carbocycles. The summed E-state index contributed by atoms with van der Waals surface area (Å²) in [4.78, 5) is 8.78. The predicted octanol–water partition coefficient (Wildman–Crippen LogP) is -0.192. The van der Waals surface area contributed by atoms with Gasteiger partial charge in [0, 0.05) is 10.7 Å². The molecule has 9 heavy (non-hydrogen) atoms. The van der Waals surface area contributed by atoms with E-state index in [1.807, 2.05) is 0 Å². The van der Waals surface area contributed by atoms with Crippen molar-refractivity contribution < 1.29 is 18.3 Å². The van der Waals surface area contributed by atoms with Gasteiger partial charge in [-0.25, -0.2) is 13.2 Å². The average Bonchev–Trinajstić information content (AvgIpc) is 1.19. The minimum absolute atomic E-state index is 0.925. The molecule has 1 amide bonds. The quantitative estimate of drug-likeness (QED) is 0.499. The molecule has 3 N–H and O–H groups in total. The number of carbonyl (C=O) groups is 1. The Bertz CT molecular complexity index is 161. The van der Waals surface area contributed by atoms with E-state index >= 15 is 0 Å². The first-order valence-corrected chi connectivity index (χ1v) is 4.33. The fourth-order valence-electron chi connectivity index (χ4n) is 0. The molecule has 0 bridgehead atoms. The second-order valence-corrected chi connectivity index (χ2v) is 4.06. The van der Waals surface area contributed by atoms with Gasteiger partial charge >= 0.3 is 6.09 Å². The monoisotopic (exact) mass is 175 g/mol. The van der Waals surface area contributed by atoms with Crippen molar-refractivity contribution in [1.29, 1.82) is 0 Å². The summed E-state index contributed by atoms with van der Waals surface area (Å²) < 4.78 is 18.8. The van der Waals surface area contributed by atoms with E-state index in [1.165, 1.54) is 0 Å². The van der Waals surface area contributed by atoms with Crippen LogP contribution in [0.15, 0.2) is 0 Å². The maximum absolute atomic E-state index is 9.40. The largest absolute Gasteiger partial charge is 0.465 e. The smallest absolute Gasteiger partial charge is 0.402 e. The summed E-state index contributed by atoms with van der Waals surface area (Å²) in [5.74, 6) is 0. The number of nitrogens with two attached hydrogens (primary N) is 1. The molecule has 0 atom stereocenters. The summed E-state index contributed by atoms with van der Waals surface area (Å²) in [7, 11) is 1.31. The predicted molar refractivity (Wildman–Crippen MR) is 32.9 cm³/mol. The van der Waals surface area contributed by atoms with Crippen LogP contribution in [0, 0.1) is 0 Å². The van der Waals surface area contributed by atoms with Crippen LogP contribution in [0.4, 0.5) is 4.79 Å². The lowest BCUT2D eigenvalue weighted by molar-refractivity contribution is 0.205. The fourth-order valence-corrected chi connectivity index (χ4v) is 0. The van der Waals surface area contributed by atoms with E-state index in [9.17, 15) is 8.42 Å². The van der Waals surface area contributed by atoms with Gasteiger partial charge in [0.1, 0.15) is 0 Å². The summed E-state index contributed by atoms with van der Waals surface area (Å²) in [6.07, 6.45) is -0.408. The number of amides is 1. The first kappa shape index (κ1) is 11.3. The zero-order chi connectivity index (χ0) is 8.08. The highest BCUT2D eigenvalue weighted by Crippen LogP contribution is 1.83. The van der Waals surface area contributed by atoms with E-state index in [-0.39, 0.29) is 0 Å². The van der Waals surface area contributed by atoms with Crippen molar-refractivity contribution in [2.24, 2.45) is 5.73 Å². The van der Waals surface area contributed by atoms with E-state index < -0.39 is 15.1 Å². The van der Waals surface area contributed by atoms with Gasteiger partial charge < -0.3 is 10.8 Å². The minimum atomic E-state index is -3.19. The molecular weight excluding hydrogens is 170 g/mol. The minimum Gasteiger partial charge on any atom is -0.465 e. The molecule has 0 spiro atoms. The van der Waals surface area contributed by atoms with Gasteiger partial charge in [-0.2, -0.15) is 0 Å². The Labute approximate surface area is 56.8 Å². The lowest BCUT2D eigenvalue weighted by atomic mass is 11.3. The number of hydrogen-bond donors (Lipinski definition) is 2. The van der Waals surface area contributed by atoms with Gasteiger partial charge in [0.15, 0.2) is 0 Å². The Morgan fingerprint density at radius 2 is 1.67 bits per heavy atom. The molecule has 0 unspecified atom stereocenters. The van der Waals surface area contributed by atoms with Crippen LogP contribution in [0.5, 0.6) is 0 Å². The van der Waals surface area contributed by atoms with Gasteiger partial charge in [0.25, 0.3) is 0 Å². The Morgan fingerprint density at radius 3 is 1.67 bits per heavy atom. The Balaban J connectivity index is 0. The van der Waals surface area contributed by atoms with Crippen molar-refractivity contribution in [1.82, 2.24) is 0 Å². The maximum Gasteiger partial charge on any atom is 0.402 e. The van der Waals surface area contributed by atoms with Gasteiger partial charge in [-0.1, -0.05) is 0 Å². The highest BCUT2D eigenvalue weighted by atomic mass is 35.7. The second-order valence-electron chi connectivity index (χ2n) is 1.02. The summed E-state index contributed by atoms with van der Waals surface area (Å²) in [6.45, 7) is 0. The highest BCUT2D eigenvalue weighted by Gasteiger charge is 1.83. The molecule has 0 aromatic heterocycles. The molecule has 0 saturated heterocycles.